The Balaban J connectivity index is 4.46. The van der Waals surface area contributed by atoms with Crippen LogP contribution in [0.2, 0.25) is 13.3 Å². The maximum absolute atomic E-state index is 15.1. The van der Waals surface area contributed by atoms with E-state index in [1.165, 1.54) is 0 Å². The number of rotatable bonds is 22. The average molecular weight is 1250 g/mol. The Kier molecular flexibility index (Phi) is 17.0. The summed E-state index contributed by atoms with van der Waals surface area (Å²) < 4.78 is 529. The van der Waals surface area contributed by atoms with E-state index < -0.39 is 167 Å². The quantitative estimate of drug-likeness (QED) is 0.0802. The summed E-state index contributed by atoms with van der Waals surface area (Å²) in [6, 6.07) is 0.819. The summed E-state index contributed by atoms with van der Waals surface area (Å²) in [7, 11) is 0. The summed E-state index contributed by atoms with van der Waals surface area (Å²) in [6.07, 6.45) is -36.4. The summed E-state index contributed by atoms with van der Waals surface area (Å²) in [5, 5.41) is 0. The second-order valence-electron chi connectivity index (χ2n) is 15.1. The fourth-order valence-electron chi connectivity index (χ4n) is 6.01. The van der Waals surface area contributed by atoms with Gasteiger partial charge in [-0.1, -0.05) is 0 Å². The van der Waals surface area contributed by atoms with Gasteiger partial charge in [0.15, 0.2) is 0 Å². The van der Waals surface area contributed by atoms with Crippen LogP contribution in [0, 0.1) is 6.92 Å². The first-order valence-corrected chi connectivity index (χ1v) is 24.8. The Morgan fingerprint density at radius 3 is 0.634 bits per heavy atom. The molecule has 0 saturated heterocycles. The van der Waals surface area contributed by atoms with Crippen molar-refractivity contribution >= 4 is 22.0 Å². The van der Waals surface area contributed by atoms with Gasteiger partial charge in [0.25, 0.3) is 0 Å². The van der Waals surface area contributed by atoms with Crippen molar-refractivity contribution in [2.75, 3.05) is 0 Å². The van der Waals surface area contributed by atoms with Gasteiger partial charge in [-0.25, -0.2) is 0 Å². The van der Waals surface area contributed by atoms with Gasteiger partial charge < -0.3 is 0 Å². The molecule has 0 heterocycles. The number of alkyl halides is 39. The van der Waals surface area contributed by atoms with Gasteiger partial charge in [-0.15, -0.1) is 0 Å². The summed E-state index contributed by atoms with van der Waals surface area (Å²) in [5.74, 6) is -127. The van der Waals surface area contributed by atoms with E-state index in [1.54, 1.807) is 0 Å². The zero-order valence-corrected chi connectivity index (χ0v) is 35.6. The van der Waals surface area contributed by atoms with Gasteiger partial charge in [-0.3, -0.25) is 0 Å². The van der Waals surface area contributed by atoms with Crippen molar-refractivity contribution in [3.8, 4) is 0 Å². The zero-order valence-electron chi connectivity index (χ0n) is 32.8. The van der Waals surface area contributed by atoms with Crippen LogP contribution >= 0.6 is 0 Å². The van der Waals surface area contributed by atoms with Crippen molar-refractivity contribution in [2.45, 2.75) is 147 Å². The summed E-state index contributed by atoms with van der Waals surface area (Å²) >= 11 is -8.19. The molecular formula is C31H19F39Sn. The Morgan fingerprint density at radius 2 is 0.451 bits per heavy atom. The van der Waals surface area contributed by atoms with Crippen LogP contribution in [0.3, 0.4) is 0 Å². The molecule has 0 unspecified atom stereocenters. The molecule has 420 valence electrons. The van der Waals surface area contributed by atoms with E-state index in [4.69, 9.17) is 0 Å². The fourth-order valence-corrected chi connectivity index (χ4v) is 21.2. The third-order valence-corrected chi connectivity index (χ3v) is 25.7. The predicted molar refractivity (Wildman–Crippen MR) is 157 cm³/mol. The van der Waals surface area contributed by atoms with E-state index in [0.717, 1.165) is 0 Å². The molecule has 1 aromatic rings. The second-order valence-corrected chi connectivity index (χ2v) is 28.2. The predicted octanol–water partition coefficient (Wildman–Crippen LogP) is 16.0. The third kappa shape index (κ3) is 9.89. The van der Waals surface area contributed by atoms with Gasteiger partial charge in [0, 0.05) is 0 Å². The van der Waals surface area contributed by atoms with Gasteiger partial charge >= 0.3 is 370 Å². The van der Waals surface area contributed by atoms with Crippen molar-refractivity contribution in [1.82, 2.24) is 0 Å². The first-order valence-electron chi connectivity index (χ1n) is 17.3. The Labute approximate surface area is 370 Å². The molecule has 0 aliphatic rings. The molecule has 0 nitrogen and oxygen atoms in total. The van der Waals surface area contributed by atoms with Gasteiger partial charge in [0.05, 0.1) is 0 Å². The summed E-state index contributed by atoms with van der Waals surface area (Å²) in [5.41, 5.74) is -1.21. The van der Waals surface area contributed by atoms with E-state index in [2.05, 4.69) is 0 Å². The molecule has 0 radical (unpaired) electrons. The van der Waals surface area contributed by atoms with Crippen molar-refractivity contribution in [3.63, 3.8) is 0 Å². The molecule has 0 atom stereocenters. The van der Waals surface area contributed by atoms with Crippen LogP contribution in [-0.2, 0) is 0 Å². The zero-order chi connectivity index (χ0) is 57.7. The van der Waals surface area contributed by atoms with Crippen molar-refractivity contribution in [1.29, 1.82) is 0 Å². The molecule has 0 N–H and O–H groups in total. The number of halogens is 39. The van der Waals surface area contributed by atoms with Gasteiger partial charge in [0.1, 0.15) is 0 Å². The molecule has 0 fully saturated rings. The molecule has 0 saturated carbocycles. The van der Waals surface area contributed by atoms with E-state index in [0.29, 0.717) is 6.07 Å². The van der Waals surface area contributed by atoms with E-state index in [-0.39, 0.29) is 25.1 Å². The molecule has 0 bridgehead atoms. The molecule has 0 aliphatic carbocycles. The molecule has 0 aliphatic heterocycles. The molecular weight excluding hydrogens is 1230 g/mol. The number of benzene rings is 1. The summed E-state index contributed by atoms with van der Waals surface area (Å²) in [6.45, 7) is 0.253. The Bertz CT molecular complexity index is 1810. The van der Waals surface area contributed by atoms with Gasteiger partial charge in [-0.05, 0) is 0 Å². The van der Waals surface area contributed by atoms with E-state index >= 15 is 26.3 Å². The Hall–Kier alpha value is -2.71. The van der Waals surface area contributed by atoms with Crippen LogP contribution in [-0.4, -0.2) is 126 Å². The average Bonchev–Trinajstić information content (AvgIpc) is 3.15. The van der Waals surface area contributed by atoms with Crippen LogP contribution in [0.1, 0.15) is 24.8 Å². The topological polar surface area (TPSA) is 0 Å². The standard InChI is InChI=1S/3C8H4F13.C7H7.Sn/c3*1-2-3(9,10)4(11,12)5(13,14)6(15,16)7(17,18)8(19,20)21;1-7-5-3-2-4-6-7;/h3*1-2H2;2-5H,1H3;. The van der Waals surface area contributed by atoms with E-state index in [1.807, 2.05) is 0 Å². The Morgan fingerprint density at radius 1 is 0.268 bits per heavy atom. The van der Waals surface area contributed by atoms with Crippen LogP contribution in [0.25, 0.3) is 0 Å². The van der Waals surface area contributed by atoms with Crippen LogP contribution in [0.5, 0.6) is 0 Å². The summed E-state index contributed by atoms with van der Waals surface area (Å²) in [4.78, 5) is 0. The van der Waals surface area contributed by atoms with E-state index in [9.17, 15) is 145 Å². The third-order valence-electron chi connectivity index (χ3n) is 10.5. The van der Waals surface area contributed by atoms with Crippen LogP contribution < -0.4 is 3.58 Å². The number of hydrogen-bond acceptors (Lipinski definition) is 0. The van der Waals surface area contributed by atoms with Gasteiger partial charge in [-0.2, -0.15) is 0 Å². The first kappa shape index (κ1) is 66.3. The maximum atomic E-state index is 15.1. The molecule has 1 rings (SSSR count). The molecule has 0 spiro atoms. The molecule has 0 aromatic heterocycles. The molecule has 1 aromatic carbocycles. The number of aryl methyl sites for hydroxylation is 1. The minimum atomic E-state index is -8.86. The SMILES string of the molecule is Cc1cccc[c]1[Sn]([CH2]CC(F)(F)C(F)(F)C(F)(F)C(F)(F)C(F)(F)C(F)(F)F)([CH2]CC(F)(F)C(F)(F)C(F)(F)C(F)(F)C(F)(F)C(F)(F)F)[CH2]CC(F)(F)C(F)(F)C(F)(F)C(F)(F)C(F)(F)C(F)(F)F. The molecule has 0 amide bonds. The fraction of sp³-hybridized carbons (Fsp3) is 0.806. The minimum absolute atomic E-state index is 0.111. The normalized spacial score (nSPS) is 16.5. The van der Waals surface area contributed by atoms with Crippen molar-refractivity contribution in [2.24, 2.45) is 0 Å². The molecule has 71 heavy (non-hydrogen) atoms. The molecule has 40 heteroatoms. The van der Waals surface area contributed by atoms with Crippen molar-refractivity contribution < 1.29 is 171 Å². The monoisotopic (exact) mass is 1250 g/mol. The van der Waals surface area contributed by atoms with Crippen LogP contribution in [0.4, 0.5) is 171 Å². The van der Waals surface area contributed by atoms with Crippen LogP contribution in [0.15, 0.2) is 24.3 Å². The number of hydrogen-bond donors (Lipinski definition) is 0. The first-order chi connectivity index (χ1) is 30.4. The van der Waals surface area contributed by atoms with Gasteiger partial charge in [0.2, 0.25) is 0 Å². The second kappa shape index (κ2) is 18.2. The van der Waals surface area contributed by atoms with Crippen molar-refractivity contribution in [3.05, 3.63) is 29.8 Å².